The highest BCUT2D eigenvalue weighted by Gasteiger charge is 2.40. The van der Waals surface area contributed by atoms with Gasteiger partial charge in [0.1, 0.15) is 0 Å². The summed E-state index contributed by atoms with van der Waals surface area (Å²) in [4.78, 5) is 23.9. The third-order valence-corrected chi connectivity index (χ3v) is 5.34. The van der Waals surface area contributed by atoms with Crippen LogP contribution in [-0.4, -0.2) is 18.5 Å². The number of carbonyl (C=O) groups is 2. The molecule has 3 rings (SSSR count). The molecular weight excluding hydrogens is 290 g/mol. The molecule has 1 N–H and O–H groups in total. The van der Waals surface area contributed by atoms with Crippen LogP contribution in [0.15, 0.2) is 18.2 Å². The summed E-state index contributed by atoms with van der Waals surface area (Å²) < 4.78 is 5.16. The number of hydrogen-bond donors (Lipinski definition) is 1. The molecule has 2 saturated carbocycles. The molecule has 0 heterocycles. The van der Waals surface area contributed by atoms with E-state index in [-0.39, 0.29) is 18.5 Å². The maximum atomic E-state index is 12.0. The minimum absolute atomic E-state index is 0.201. The summed E-state index contributed by atoms with van der Waals surface area (Å²) in [5, 5.41) is 2.81. The van der Waals surface area contributed by atoms with E-state index < -0.39 is 0 Å². The Balaban J connectivity index is 1.43. The molecule has 0 aromatic heterocycles. The predicted molar refractivity (Wildman–Crippen MR) is 89.1 cm³/mol. The van der Waals surface area contributed by atoms with Gasteiger partial charge in [0.05, 0.1) is 0 Å². The Hall–Kier alpha value is -1.84. The van der Waals surface area contributed by atoms with Crippen molar-refractivity contribution in [3.8, 4) is 0 Å². The largest absolute Gasteiger partial charge is 0.456 e. The maximum absolute atomic E-state index is 12.0. The molecule has 124 valence electrons. The van der Waals surface area contributed by atoms with Gasteiger partial charge in [-0.25, -0.2) is 0 Å². The molecule has 0 radical (unpaired) electrons. The van der Waals surface area contributed by atoms with Crippen LogP contribution in [0.1, 0.15) is 43.2 Å². The van der Waals surface area contributed by atoms with Crippen molar-refractivity contribution in [1.29, 1.82) is 0 Å². The van der Waals surface area contributed by atoms with Crippen molar-refractivity contribution < 1.29 is 14.3 Å². The summed E-state index contributed by atoms with van der Waals surface area (Å²) in [6.45, 7) is 3.72. The molecule has 0 saturated heterocycles. The highest BCUT2D eigenvalue weighted by Crippen LogP contribution is 2.49. The zero-order valence-electron chi connectivity index (χ0n) is 13.9. The minimum Gasteiger partial charge on any atom is -0.456 e. The van der Waals surface area contributed by atoms with Crippen LogP contribution in [0, 0.1) is 31.6 Å². The van der Waals surface area contributed by atoms with Crippen LogP contribution >= 0.6 is 0 Å². The number of hydrogen-bond acceptors (Lipinski definition) is 3. The van der Waals surface area contributed by atoms with E-state index >= 15 is 0 Å². The standard InChI is InChI=1S/C19H25NO3/c1-12-3-4-13(2)17(7-12)20-18(21)11-23-19(22)10-16-9-14-5-6-15(16)8-14/h3-4,7,14-16H,5-6,8-11H2,1-2H3,(H,20,21)/t14-,15+,16-/m0/s1. The molecule has 23 heavy (non-hydrogen) atoms. The van der Waals surface area contributed by atoms with Gasteiger partial charge in [-0.3, -0.25) is 9.59 Å². The number of ether oxygens (including phenoxy) is 1. The van der Waals surface area contributed by atoms with Gasteiger partial charge < -0.3 is 10.1 Å². The molecule has 4 nitrogen and oxygen atoms in total. The topological polar surface area (TPSA) is 55.4 Å². The molecule has 1 aromatic carbocycles. The Kier molecular flexibility index (Phi) is 4.69. The first-order valence-corrected chi connectivity index (χ1v) is 8.54. The smallest absolute Gasteiger partial charge is 0.306 e. The van der Waals surface area contributed by atoms with Crippen LogP contribution in [0.5, 0.6) is 0 Å². The predicted octanol–water partition coefficient (Wildman–Crippen LogP) is 3.61. The number of aryl methyl sites for hydroxylation is 2. The quantitative estimate of drug-likeness (QED) is 0.845. The Bertz CT molecular complexity index is 611. The fourth-order valence-electron chi connectivity index (χ4n) is 4.10. The first-order chi connectivity index (χ1) is 11.0. The van der Waals surface area contributed by atoms with E-state index in [9.17, 15) is 9.59 Å². The van der Waals surface area contributed by atoms with Crippen LogP contribution in [-0.2, 0) is 14.3 Å². The van der Waals surface area contributed by atoms with Gasteiger partial charge in [-0.1, -0.05) is 18.6 Å². The van der Waals surface area contributed by atoms with Crippen LogP contribution in [0.3, 0.4) is 0 Å². The zero-order chi connectivity index (χ0) is 16.4. The van der Waals surface area contributed by atoms with Crippen LogP contribution in [0.4, 0.5) is 5.69 Å². The fourth-order valence-corrected chi connectivity index (χ4v) is 4.10. The van der Waals surface area contributed by atoms with Crippen molar-refractivity contribution in [2.75, 3.05) is 11.9 Å². The lowest BCUT2D eigenvalue weighted by Crippen LogP contribution is -2.23. The molecule has 2 aliphatic rings. The Labute approximate surface area is 137 Å². The average Bonchev–Trinajstić information content (AvgIpc) is 3.11. The third kappa shape index (κ3) is 3.92. The first-order valence-electron chi connectivity index (χ1n) is 8.54. The van der Waals surface area contributed by atoms with E-state index in [0.29, 0.717) is 18.3 Å². The SMILES string of the molecule is Cc1ccc(C)c(NC(=O)COC(=O)C[C@@H]2C[C@H]3CC[C@@H]2C3)c1. The number of nitrogens with one attached hydrogen (secondary N) is 1. The summed E-state index contributed by atoms with van der Waals surface area (Å²) in [5.74, 6) is 1.49. The Morgan fingerprint density at radius 1 is 1.22 bits per heavy atom. The first kappa shape index (κ1) is 16.0. The molecular formula is C19H25NO3. The van der Waals surface area contributed by atoms with Gasteiger partial charge in [0.2, 0.25) is 0 Å². The second kappa shape index (κ2) is 6.73. The summed E-state index contributed by atoms with van der Waals surface area (Å²) in [6, 6.07) is 5.89. The number of carbonyl (C=O) groups excluding carboxylic acids is 2. The van der Waals surface area contributed by atoms with Crippen molar-refractivity contribution in [3.05, 3.63) is 29.3 Å². The maximum Gasteiger partial charge on any atom is 0.306 e. The van der Waals surface area contributed by atoms with E-state index in [2.05, 4.69) is 5.32 Å². The molecule has 0 aliphatic heterocycles. The van der Waals surface area contributed by atoms with Crippen molar-refractivity contribution in [2.45, 2.75) is 46.0 Å². The van der Waals surface area contributed by atoms with E-state index in [4.69, 9.17) is 4.74 Å². The molecule has 2 aliphatic carbocycles. The average molecular weight is 315 g/mol. The molecule has 0 unspecified atom stereocenters. The Morgan fingerprint density at radius 2 is 2.04 bits per heavy atom. The monoisotopic (exact) mass is 315 g/mol. The van der Waals surface area contributed by atoms with Crippen molar-refractivity contribution in [3.63, 3.8) is 0 Å². The molecule has 1 amide bonds. The fraction of sp³-hybridized carbons (Fsp3) is 0.579. The molecule has 2 bridgehead atoms. The number of benzene rings is 1. The second-order valence-electron chi connectivity index (χ2n) is 7.17. The number of esters is 1. The van der Waals surface area contributed by atoms with E-state index in [0.717, 1.165) is 29.2 Å². The van der Waals surface area contributed by atoms with E-state index in [1.807, 2.05) is 32.0 Å². The van der Waals surface area contributed by atoms with Gasteiger partial charge in [-0.15, -0.1) is 0 Å². The van der Waals surface area contributed by atoms with E-state index in [1.54, 1.807) is 0 Å². The van der Waals surface area contributed by atoms with E-state index in [1.165, 1.54) is 19.3 Å². The number of fused-ring (bicyclic) bond motifs is 2. The van der Waals surface area contributed by atoms with Gasteiger partial charge in [0.15, 0.2) is 6.61 Å². The van der Waals surface area contributed by atoms with Crippen molar-refractivity contribution in [1.82, 2.24) is 0 Å². The molecule has 3 atom stereocenters. The Morgan fingerprint density at radius 3 is 2.74 bits per heavy atom. The summed E-state index contributed by atoms with van der Waals surface area (Å²) in [5.41, 5.74) is 2.86. The van der Waals surface area contributed by atoms with Gasteiger partial charge >= 0.3 is 5.97 Å². The van der Waals surface area contributed by atoms with Gasteiger partial charge in [0.25, 0.3) is 5.91 Å². The highest BCUT2D eigenvalue weighted by atomic mass is 16.5. The highest BCUT2D eigenvalue weighted by molar-refractivity contribution is 5.93. The molecule has 0 spiro atoms. The van der Waals surface area contributed by atoms with Crippen LogP contribution in [0.2, 0.25) is 0 Å². The van der Waals surface area contributed by atoms with Crippen molar-refractivity contribution >= 4 is 17.6 Å². The lowest BCUT2D eigenvalue weighted by atomic mass is 9.86. The summed E-state index contributed by atoms with van der Waals surface area (Å²) in [7, 11) is 0. The molecule has 4 heteroatoms. The lowest BCUT2D eigenvalue weighted by molar-refractivity contribution is -0.148. The van der Waals surface area contributed by atoms with Crippen LogP contribution in [0.25, 0.3) is 0 Å². The van der Waals surface area contributed by atoms with Gasteiger partial charge in [0, 0.05) is 12.1 Å². The van der Waals surface area contributed by atoms with Gasteiger partial charge in [-0.05, 0) is 68.1 Å². The molecule has 1 aromatic rings. The number of rotatable bonds is 5. The molecule has 2 fully saturated rings. The lowest BCUT2D eigenvalue weighted by Gasteiger charge is -2.20. The zero-order valence-corrected chi connectivity index (χ0v) is 13.9. The number of anilines is 1. The van der Waals surface area contributed by atoms with Gasteiger partial charge in [-0.2, -0.15) is 0 Å². The number of amides is 1. The summed E-state index contributed by atoms with van der Waals surface area (Å²) in [6.07, 6.45) is 5.50. The second-order valence-corrected chi connectivity index (χ2v) is 7.17. The minimum atomic E-state index is -0.278. The van der Waals surface area contributed by atoms with Crippen molar-refractivity contribution in [2.24, 2.45) is 17.8 Å². The third-order valence-electron chi connectivity index (χ3n) is 5.34. The normalized spacial score (nSPS) is 25.4. The summed E-state index contributed by atoms with van der Waals surface area (Å²) >= 11 is 0. The van der Waals surface area contributed by atoms with Crippen LogP contribution < -0.4 is 5.32 Å².